The van der Waals surface area contributed by atoms with Gasteiger partial charge in [0.1, 0.15) is 17.5 Å². The number of aliphatic carboxylic acids is 1. The van der Waals surface area contributed by atoms with Crippen LogP contribution in [0.5, 0.6) is 0 Å². The zero-order valence-electron chi connectivity index (χ0n) is 5.38. The highest BCUT2D eigenvalue weighted by Gasteiger charge is 2.17. The monoisotopic (exact) mass is 143 g/mol. The van der Waals surface area contributed by atoms with Crippen molar-refractivity contribution in [2.45, 2.75) is 6.92 Å². The van der Waals surface area contributed by atoms with E-state index in [1.165, 1.54) is 0 Å². The first kappa shape index (κ1) is 8.61. The molecular formula is C5H7N2O3-. The molecule has 0 aromatic carbocycles. The summed E-state index contributed by atoms with van der Waals surface area (Å²) in [5.74, 6) is -4.58. The molecule has 0 aliphatic heterocycles. The van der Waals surface area contributed by atoms with Gasteiger partial charge in [0.15, 0.2) is 0 Å². The Hall–Kier alpha value is -1.39. The van der Waals surface area contributed by atoms with E-state index in [1.807, 2.05) is 0 Å². The predicted molar refractivity (Wildman–Crippen MR) is 31.1 cm³/mol. The van der Waals surface area contributed by atoms with E-state index in [4.69, 9.17) is 11.1 Å². The first-order chi connectivity index (χ1) is 4.46. The minimum Gasteiger partial charge on any atom is -0.549 e. The molecule has 0 saturated carbocycles. The molecule has 1 atom stereocenters. The molecule has 0 heterocycles. The Bertz CT molecular complexity index is 154. The maximum absolute atomic E-state index is 10.4. The molecule has 0 fully saturated rings. The average molecular weight is 143 g/mol. The zero-order valence-corrected chi connectivity index (χ0v) is 5.38. The van der Waals surface area contributed by atoms with Crippen LogP contribution in [0.2, 0.25) is 0 Å². The number of nitrogens with one attached hydrogen (secondary N) is 1. The Labute approximate surface area is 57.3 Å². The van der Waals surface area contributed by atoms with Crippen molar-refractivity contribution in [3.05, 3.63) is 0 Å². The van der Waals surface area contributed by atoms with E-state index in [2.05, 4.69) is 0 Å². The summed E-state index contributed by atoms with van der Waals surface area (Å²) in [4.78, 5) is 20.4. The molecule has 0 rings (SSSR count). The summed E-state index contributed by atoms with van der Waals surface area (Å²) in [6.45, 7) is 1.04. The molecule has 5 heteroatoms. The molecule has 56 valence electrons. The van der Waals surface area contributed by atoms with Gasteiger partial charge in [0.2, 0.25) is 0 Å². The van der Waals surface area contributed by atoms with Crippen LogP contribution in [0, 0.1) is 11.3 Å². The lowest BCUT2D eigenvalue weighted by molar-refractivity contribution is -0.307. The molecule has 0 aromatic rings. The predicted octanol–water partition coefficient (Wildman–Crippen LogP) is -2.12. The summed E-state index contributed by atoms with van der Waals surface area (Å²) in [5, 5.41) is 16.7. The number of carboxylic acids is 1. The van der Waals surface area contributed by atoms with Crippen molar-refractivity contribution in [2.24, 2.45) is 11.7 Å². The lowest BCUT2D eigenvalue weighted by Crippen LogP contribution is -2.43. The number of carboxylic acid groups (broad SMARTS) is 1. The largest absolute Gasteiger partial charge is 0.549 e. The number of amidine groups is 1. The Kier molecular flexibility index (Phi) is 2.54. The van der Waals surface area contributed by atoms with Crippen LogP contribution in [0.3, 0.4) is 0 Å². The van der Waals surface area contributed by atoms with Crippen LogP contribution in [0.15, 0.2) is 0 Å². The van der Waals surface area contributed by atoms with Gasteiger partial charge in [0.25, 0.3) is 0 Å². The Morgan fingerprint density at radius 2 is 2.00 bits per heavy atom. The normalized spacial score (nSPS) is 12.1. The summed E-state index contributed by atoms with van der Waals surface area (Å²) in [7, 11) is 0. The smallest absolute Gasteiger partial charge is 0.146 e. The van der Waals surface area contributed by atoms with Gasteiger partial charge in [-0.2, -0.15) is 0 Å². The molecule has 0 bridgehead atoms. The lowest BCUT2D eigenvalue weighted by Gasteiger charge is -2.11. The SMILES string of the molecule is CC(=O)C(C(=N)N)C(=O)[O-]. The zero-order chi connectivity index (χ0) is 8.31. The van der Waals surface area contributed by atoms with E-state index in [-0.39, 0.29) is 0 Å². The standard InChI is InChI=1S/C5H8N2O3/c1-2(8)3(4(6)7)5(9)10/h3H,1H3,(H3,6,7)(H,9,10)/p-1. The van der Waals surface area contributed by atoms with E-state index in [0.717, 1.165) is 6.92 Å². The Morgan fingerprint density at radius 1 is 1.60 bits per heavy atom. The fraction of sp³-hybridized carbons (Fsp3) is 0.400. The van der Waals surface area contributed by atoms with Crippen molar-refractivity contribution in [3.8, 4) is 0 Å². The van der Waals surface area contributed by atoms with Crippen LogP contribution in [0.4, 0.5) is 0 Å². The van der Waals surface area contributed by atoms with Gasteiger partial charge in [0, 0.05) is 0 Å². The topological polar surface area (TPSA) is 107 Å². The molecule has 10 heavy (non-hydrogen) atoms. The maximum Gasteiger partial charge on any atom is 0.146 e. The van der Waals surface area contributed by atoms with Crippen LogP contribution in [-0.2, 0) is 9.59 Å². The van der Waals surface area contributed by atoms with Crippen molar-refractivity contribution >= 4 is 17.6 Å². The second-order valence-corrected chi connectivity index (χ2v) is 1.82. The third kappa shape index (κ3) is 1.85. The molecule has 1 unspecified atom stereocenters. The van der Waals surface area contributed by atoms with E-state index in [1.54, 1.807) is 0 Å². The molecule has 3 N–H and O–H groups in total. The fourth-order valence-electron chi connectivity index (χ4n) is 0.512. The van der Waals surface area contributed by atoms with E-state index in [0.29, 0.717) is 0 Å². The highest BCUT2D eigenvalue weighted by molar-refractivity contribution is 6.15. The van der Waals surface area contributed by atoms with Crippen LogP contribution in [-0.4, -0.2) is 17.6 Å². The highest BCUT2D eigenvalue weighted by Crippen LogP contribution is 1.94. The summed E-state index contributed by atoms with van der Waals surface area (Å²) >= 11 is 0. The van der Waals surface area contributed by atoms with Crippen molar-refractivity contribution < 1.29 is 14.7 Å². The Morgan fingerprint density at radius 3 is 2.00 bits per heavy atom. The van der Waals surface area contributed by atoms with Gasteiger partial charge >= 0.3 is 0 Å². The molecule has 0 aromatic heterocycles. The third-order valence-electron chi connectivity index (χ3n) is 0.953. The quantitative estimate of drug-likeness (QED) is 0.267. The first-order valence-corrected chi connectivity index (χ1v) is 2.52. The van der Waals surface area contributed by atoms with E-state index < -0.39 is 23.5 Å². The van der Waals surface area contributed by atoms with Crippen molar-refractivity contribution in [3.63, 3.8) is 0 Å². The van der Waals surface area contributed by atoms with Gasteiger partial charge in [-0.1, -0.05) is 0 Å². The number of nitrogens with two attached hydrogens (primary N) is 1. The molecule has 0 spiro atoms. The summed E-state index contributed by atoms with van der Waals surface area (Å²) in [6, 6.07) is 0. The summed E-state index contributed by atoms with van der Waals surface area (Å²) in [5.41, 5.74) is 4.78. The van der Waals surface area contributed by atoms with Crippen molar-refractivity contribution in [1.29, 1.82) is 5.41 Å². The number of hydrogen-bond acceptors (Lipinski definition) is 4. The van der Waals surface area contributed by atoms with Crippen molar-refractivity contribution in [1.82, 2.24) is 0 Å². The Balaban J connectivity index is 4.43. The van der Waals surface area contributed by atoms with Crippen LogP contribution < -0.4 is 10.8 Å². The van der Waals surface area contributed by atoms with Crippen LogP contribution in [0.1, 0.15) is 6.92 Å². The second-order valence-electron chi connectivity index (χ2n) is 1.82. The summed E-state index contributed by atoms with van der Waals surface area (Å²) in [6.07, 6.45) is 0. The summed E-state index contributed by atoms with van der Waals surface area (Å²) < 4.78 is 0. The fourth-order valence-corrected chi connectivity index (χ4v) is 0.512. The van der Waals surface area contributed by atoms with E-state index in [9.17, 15) is 14.7 Å². The van der Waals surface area contributed by atoms with E-state index >= 15 is 0 Å². The number of carbonyl (C=O) groups is 2. The maximum atomic E-state index is 10.4. The average Bonchev–Trinajstić information content (AvgIpc) is 1.59. The highest BCUT2D eigenvalue weighted by atomic mass is 16.4. The van der Waals surface area contributed by atoms with Gasteiger partial charge in [0.05, 0.1) is 5.97 Å². The van der Waals surface area contributed by atoms with Gasteiger partial charge in [-0.05, 0) is 6.92 Å². The first-order valence-electron chi connectivity index (χ1n) is 2.52. The van der Waals surface area contributed by atoms with Gasteiger partial charge in [-0.25, -0.2) is 0 Å². The van der Waals surface area contributed by atoms with Crippen molar-refractivity contribution in [2.75, 3.05) is 0 Å². The molecule has 0 aliphatic carbocycles. The van der Waals surface area contributed by atoms with Crippen LogP contribution >= 0.6 is 0 Å². The third-order valence-corrected chi connectivity index (χ3v) is 0.953. The van der Waals surface area contributed by atoms with Gasteiger partial charge in [-0.3, -0.25) is 10.2 Å². The van der Waals surface area contributed by atoms with Gasteiger partial charge in [-0.15, -0.1) is 0 Å². The molecule has 5 nitrogen and oxygen atoms in total. The second kappa shape index (κ2) is 2.95. The number of rotatable bonds is 3. The molecule has 0 radical (unpaired) electrons. The molecule has 0 amide bonds. The minimum absolute atomic E-state index is 0.687. The minimum atomic E-state index is -1.62. The number of ketones is 1. The van der Waals surface area contributed by atoms with Gasteiger partial charge < -0.3 is 15.6 Å². The molecule has 0 aliphatic rings. The number of carbonyl (C=O) groups excluding carboxylic acids is 2. The van der Waals surface area contributed by atoms with Crippen LogP contribution in [0.25, 0.3) is 0 Å². The number of hydrogen-bond donors (Lipinski definition) is 2. The lowest BCUT2D eigenvalue weighted by atomic mass is 10.1. The molecule has 0 saturated heterocycles. The number of Topliss-reactive ketones (excluding diaryl/α,β-unsaturated/α-hetero) is 1. The molecular weight excluding hydrogens is 136 g/mol.